The van der Waals surface area contributed by atoms with Crippen molar-refractivity contribution in [3.05, 3.63) is 46.6 Å². The van der Waals surface area contributed by atoms with Crippen LogP contribution in [0.5, 0.6) is 0 Å². The SMILES string of the molecule is Cc1csc2nc(-c3cc4cc(Cl)ccc4o3)cn12. The first-order valence-corrected chi connectivity index (χ1v) is 7.09. The van der Waals surface area contributed by atoms with Gasteiger partial charge in [0.2, 0.25) is 0 Å². The lowest BCUT2D eigenvalue weighted by Crippen LogP contribution is -1.77. The maximum Gasteiger partial charge on any atom is 0.194 e. The van der Waals surface area contributed by atoms with Gasteiger partial charge in [0.15, 0.2) is 10.7 Å². The number of thiazole rings is 1. The number of aryl methyl sites for hydroxylation is 1. The summed E-state index contributed by atoms with van der Waals surface area (Å²) < 4.78 is 7.89. The predicted molar refractivity (Wildman–Crippen MR) is 78.0 cm³/mol. The maximum absolute atomic E-state index is 5.98. The number of hydrogen-bond donors (Lipinski definition) is 0. The summed E-state index contributed by atoms with van der Waals surface area (Å²) in [5.41, 5.74) is 2.85. The second-order valence-corrected chi connectivity index (χ2v) is 5.72. The first-order chi connectivity index (χ1) is 9.20. The molecule has 3 aromatic heterocycles. The highest BCUT2D eigenvalue weighted by atomic mass is 35.5. The van der Waals surface area contributed by atoms with Gasteiger partial charge in [0.25, 0.3) is 0 Å². The van der Waals surface area contributed by atoms with Crippen molar-refractivity contribution in [1.82, 2.24) is 9.38 Å². The standard InChI is InChI=1S/C14H9ClN2OS/c1-8-7-19-14-16-11(6-17(8)14)13-5-9-4-10(15)2-3-12(9)18-13/h2-7H,1H3. The van der Waals surface area contributed by atoms with Crippen molar-refractivity contribution in [2.45, 2.75) is 6.92 Å². The third-order valence-electron chi connectivity index (χ3n) is 3.12. The summed E-state index contributed by atoms with van der Waals surface area (Å²) in [6.45, 7) is 2.06. The zero-order chi connectivity index (χ0) is 13.0. The molecule has 0 aliphatic carbocycles. The van der Waals surface area contributed by atoms with E-state index < -0.39 is 0 Å². The minimum absolute atomic E-state index is 0.710. The van der Waals surface area contributed by atoms with Gasteiger partial charge in [0.05, 0.1) is 0 Å². The van der Waals surface area contributed by atoms with Crippen LogP contribution >= 0.6 is 22.9 Å². The Hall–Kier alpha value is -1.78. The van der Waals surface area contributed by atoms with Gasteiger partial charge in [-0.25, -0.2) is 4.98 Å². The van der Waals surface area contributed by atoms with Crippen LogP contribution in [0.1, 0.15) is 5.69 Å². The molecule has 5 heteroatoms. The second-order valence-electron chi connectivity index (χ2n) is 4.45. The van der Waals surface area contributed by atoms with Gasteiger partial charge in [-0.15, -0.1) is 11.3 Å². The molecule has 0 aliphatic rings. The van der Waals surface area contributed by atoms with Crippen LogP contribution in [0.4, 0.5) is 0 Å². The van der Waals surface area contributed by atoms with Gasteiger partial charge in [0, 0.05) is 27.7 Å². The van der Waals surface area contributed by atoms with Crippen LogP contribution in [0, 0.1) is 6.92 Å². The molecule has 0 saturated heterocycles. The Morgan fingerprint density at radius 3 is 3.05 bits per heavy atom. The van der Waals surface area contributed by atoms with Gasteiger partial charge in [-0.1, -0.05) is 11.6 Å². The van der Waals surface area contributed by atoms with Gasteiger partial charge in [-0.2, -0.15) is 0 Å². The molecule has 4 rings (SSSR count). The zero-order valence-electron chi connectivity index (χ0n) is 10.1. The van der Waals surface area contributed by atoms with Crippen molar-refractivity contribution in [2.24, 2.45) is 0 Å². The summed E-state index contributed by atoms with van der Waals surface area (Å²) >= 11 is 7.61. The number of rotatable bonds is 1. The number of benzene rings is 1. The van der Waals surface area contributed by atoms with Crippen LogP contribution in [-0.4, -0.2) is 9.38 Å². The summed E-state index contributed by atoms with van der Waals surface area (Å²) in [5.74, 6) is 0.771. The lowest BCUT2D eigenvalue weighted by Gasteiger charge is -1.88. The van der Waals surface area contributed by atoms with Crippen molar-refractivity contribution in [3.63, 3.8) is 0 Å². The van der Waals surface area contributed by atoms with E-state index >= 15 is 0 Å². The predicted octanol–water partition coefficient (Wildman–Crippen LogP) is 4.77. The molecule has 0 unspecified atom stereocenters. The topological polar surface area (TPSA) is 30.4 Å². The van der Waals surface area contributed by atoms with Crippen molar-refractivity contribution in [2.75, 3.05) is 0 Å². The number of hydrogen-bond acceptors (Lipinski definition) is 3. The Bertz CT molecular complexity index is 903. The Morgan fingerprint density at radius 2 is 2.21 bits per heavy atom. The average Bonchev–Trinajstić information content (AvgIpc) is 3.04. The van der Waals surface area contributed by atoms with Gasteiger partial charge >= 0.3 is 0 Å². The molecule has 0 bridgehead atoms. The van der Waals surface area contributed by atoms with Gasteiger partial charge in [0.1, 0.15) is 11.3 Å². The van der Waals surface area contributed by atoms with Crippen LogP contribution in [0.2, 0.25) is 5.02 Å². The fraction of sp³-hybridized carbons (Fsp3) is 0.0714. The average molecular weight is 289 g/mol. The quantitative estimate of drug-likeness (QED) is 0.505. The molecule has 0 saturated carbocycles. The van der Waals surface area contributed by atoms with Gasteiger partial charge in [-0.05, 0) is 31.2 Å². The summed E-state index contributed by atoms with van der Waals surface area (Å²) in [6.07, 6.45) is 2.00. The van der Waals surface area contributed by atoms with E-state index in [1.165, 1.54) is 5.69 Å². The molecular formula is C14H9ClN2OS. The van der Waals surface area contributed by atoms with E-state index in [-0.39, 0.29) is 0 Å². The maximum atomic E-state index is 5.98. The van der Waals surface area contributed by atoms with Gasteiger partial charge < -0.3 is 4.42 Å². The van der Waals surface area contributed by atoms with Crippen LogP contribution in [0.15, 0.2) is 40.3 Å². The number of fused-ring (bicyclic) bond motifs is 2. The zero-order valence-corrected chi connectivity index (χ0v) is 11.6. The minimum Gasteiger partial charge on any atom is -0.454 e. The Kier molecular flexibility index (Phi) is 2.25. The van der Waals surface area contributed by atoms with Crippen LogP contribution in [0.25, 0.3) is 27.4 Å². The van der Waals surface area contributed by atoms with Crippen LogP contribution in [0.3, 0.4) is 0 Å². The van der Waals surface area contributed by atoms with E-state index in [4.69, 9.17) is 16.0 Å². The van der Waals surface area contributed by atoms with Gasteiger partial charge in [-0.3, -0.25) is 4.40 Å². The highest BCUT2D eigenvalue weighted by Crippen LogP contribution is 2.30. The Labute approximate surface area is 118 Å². The number of furan rings is 1. The first kappa shape index (κ1) is 11.1. The summed E-state index contributed by atoms with van der Waals surface area (Å²) in [5, 5.41) is 3.79. The van der Waals surface area contributed by atoms with E-state index in [1.807, 2.05) is 30.5 Å². The summed E-state index contributed by atoms with van der Waals surface area (Å²) in [7, 11) is 0. The molecule has 0 aliphatic heterocycles. The minimum atomic E-state index is 0.710. The highest BCUT2D eigenvalue weighted by molar-refractivity contribution is 7.15. The number of halogens is 1. The lowest BCUT2D eigenvalue weighted by atomic mass is 10.2. The molecule has 0 spiro atoms. The second kappa shape index (κ2) is 3.85. The monoisotopic (exact) mass is 288 g/mol. The number of imidazole rings is 1. The molecule has 0 N–H and O–H groups in total. The third kappa shape index (κ3) is 1.68. The normalized spacial score (nSPS) is 11.7. The van der Waals surface area contributed by atoms with E-state index in [9.17, 15) is 0 Å². The Morgan fingerprint density at radius 1 is 1.32 bits per heavy atom. The molecule has 0 amide bonds. The molecule has 0 radical (unpaired) electrons. The van der Waals surface area contributed by atoms with Crippen LogP contribution in [-0.2, 0) is 0 Å². The van der Waals surface area contributed by atoms with E-state index in [1.54, 1.807) is 11.3 Å². The van der Waals surface area contributed by atoms with E-state index in [0.29, 0.717) is 5.02 Å². The van der Waals surface area contributed by atoms with E-state index in [0.717, 1.165) is 27.4 Å². The fourth-order valence-electron chi connectivity index (χ4n) is 2.15. The molecule has 94 valence electrons. The molecule has 0 atom stereocenters. The van der Waals surface area contributed by atoms with Crippen molar-refractivity contribution in [3.8, 4) is 11.5 Å². The van der Waals surface area contributed by atoms with Crippen molar-refractivity contribution >= 4 is 38.9 Å². The third-order valence-corrected chi connectivity index (χ3v) is 4.31. The number of nitrogens with zero attached hydrogens (tertiary/aromatic N) is 2. The molecule has 19 heavy (non-hydrogen) atoms. The summed E-state index contributed by atoms with van der Waals surface area (Å²) in [6, 6.07) is 7.58. The largest absolute Gasteiger partial charge is 0.454 e. The Balaban J connectivity index is 1.92. The molecule has 4 aromatic rings. The number of aromatic nitrogens is 2. The first-order valence-electron chi connectivity index (χ1n) is 5.83. The smallest absolute Gasteiger partial charge is 0.194 e. The molecule has 1 aromatic carbocycles. The molecule has 3 heterocycles. The molecular weight excluding hydrogens is 280 g/mol. The van der Waals surface area contributed by atoms with E-state index in [2.05, 4.69) is 21.7 Å². The molecule has 3 nitrogen and oxygen atoms in total. The lowest BCUT2D eigenvalue weighted by molar-refractivity contribution is 0.629. The highest BCUT2D eigenvalue weighted by Gasteiger charge is 2.12. The fourth-order valence-corrected chi connectivity index (χ4v) is 3.18. The van der Waals surface area contributed by atoms with Crippen molar-refractivity contribution in [1.29, 1.82) is 0 Å². The van der Waals surface area contributed by atoms with Crippen LogP contribution < -0.4 is 0 Å². The molecule has 0 fully saturated rings. The summed E-state index contributed by atoms with van der Waals surface area (Å²) in [4.78, 5) is 5.55. The van der Waals surface area contributed by atoms with Crippen molar-refractivity contribution < 1.29 is 4.42 Å².